The van der Waals surface area contributed by atoms with Gasteiger partial charge in [0.1, 0.15) is 6.33 Å². The number of likely N-dealkylation sites (tertiary alicyclic amines) is 1. The number of thioether (sulfide) groups is 1. The first-order chi connectivity index (χ1) is 11.8. The molecule has 1 atom stereocenters. The molecule has 2 heterocycles. The number of amides is 1. The highest BCUT2D eigenvalue weighted by Crippen LogP contribution is 2.25. The van der Waals surface area contributed by atoms with Gasteiger partial charge in [0.25, 0.3) is 0 Å². The Morgan fingerprint density at radius 1 is 1.25 bits per heavy atom. The molecular formula is C19H23N3OS. The Kier molecular flexibility index (Phi) is 6.24. The zero-order valence-electron chi connectivity index (χ0n) is 13.8. The summed E-state index contributed by atoms with van der Waals surface area (Å²) in [6.07, 6.45) is 6.15. The van der Waals surface area contributed by atoms with Crippen LogP contribution in [-0.2, 0) is 10.5 Å². The van der Waals surface area contributed by atoms with Crippen LogP contribution in [0.4, 0.5) is 0 Å². The third-order valence-electron chi connectivity index (χ3n) is 4.37. The number of piperidine rings is 1. The van der Waals surface area contributed by atoms with Crippen molar-refractivity contribution in [3.8, 4) is 0 Å². The number of rotatable bonds is 6. The zero-order valence-corrected chi connectivity index (χ0v) is 14.6. The van der Waals surface area contributed by atoms with Gasteiger partial charge in [0, 0.05) is 48.8 Å². The van der Waals surface area contributed by atoms with Crippen LogP contribution in [0, 0.1) is 0 Å². The monoisotopic (exact) mass is 341 g/mol. The first-order valence-corrected chi connectivity index (χ1v) is 9.64. The number of nitrogens with zero attached hydrogens (tertiary/aromatic N) is 3. The highest BCUT2D eigenvalue weighted by Gasteiger charge is 2.25. The maximum absolute atomic E-state index is 12.5. The highest BCUT2D eigenvalue weighted by atomic mass is 32.2. The molecule has 4 nitrogen and oxygen atoms in total. The van der Waals surface area contributed by atoms with Crippen LogP contribution in [0.2, 0.25) is 0 Å². The summed E-state index contributed by atoms with van der Waals surface area (Å²) in [5.74, 6) is 2.47. The van der Waals surface area contributed by atoms with E-state index in [9.17, 15) is 4.79 Å². The fraction of sp³-hybridized carbons (Fsp3) is 0.421. The van der Waals surface area contributed by atoms with E-state index in [1.54, 1.807) is 12.5 Å². The molecule has 5 heteroatoms. The van der Waals surface area contributed by atoms with Gasteiger partial charge in [-0.3, -0.25) is 4.79 Å². The van der Waals surface area contributed by atoms with Crippen LogP contribution in [0.1, 0.15) is 36.4 Å². The molecule has 0 radical (unpaired) electrons. The van der Waals surface area contributed by atoms with Crippen LogP contribution in [0.5, 0.6) is 0 Å². The Balaban J connectivity index is 1.43. The Morgan fingerprint density at radius 3 is 2.92 bits per heavy atom. The van der Waals surface area contributed by atoms with Crippen LogP contribution in [0.15, 0.2) is 48.9 Å². The van der Waals surface area contributed by atoms with Crippen LogP contribution in [0.25, 0.3) is 0 Å². The van der Waals surface area contributed by atoms with Gasteiger partial charge < -0.3 is 4.90 Å². The van der Waals surface area contributed by atoms with Crippen LogP contribution in [0.3, 0.4) is 0 Å². The summed E-state index contributed by atoms with van der Waals surface area (Å²) in [7, 11) is 0. The van der Waals surface area contributed by atoms with Gasteiger partial charge in [-0.15, -0.1) is 0 Å². The van der Waals surface area contributed by atoms with Gasteiger partial charge in [0.2, 0.25) is 5.91 Å². The molecule has 0 bridgehead atoms. The second-order valence-corrected chi connectivity index (χ2v) is 7.21. The van der Waals surface area contributed by atoms with Crippen LogP contribution >= 0.6 is 11.8 Å². The van der Waals surface area contributed by atoms with E-state index >= 15 is 0 Å². The van der Waals surface area contributed by atoms with E-state index in [0.29, 0.717) is 12.3 Å². The predicted molar refractivity (Wildman–Crippen MR) is 97.8 cm³/mol. The Morgan fingerprint density at radius 2 is 2.12 bits per heavy atom. The van der Waals surface area contributed by atoms with Crippen molar-refractivity contribution < 1.29 is 4.79 Å². The highest BCUT2D eigenvalue weighted by molar-refractivity contribution is 7.98. The number of hydrogen-bond acceptors (Lipinski definition) is 4. The SMILES string of the molecule is O=C(CCSCc1ccccc1)N1CCCC(c2ccncn2)C1. The lowest BCUT2D eigenvalue weighted by Crippen LogP contribution is -2.39. The number of hydrogen-bond donors (Lipinski definition) is 0. The topological polar surface area (TPSA) is 46.1 Å². The molecule has 1 aromatic heterocycles. The van der Waals surface area contributed by atoms with Crippen molar-refractivity contribution in [3.63, 3.8) is 0 Å². The fourth-order valence-corrected chi connectivity index (χ4v) is 3.96. The Bertz CT molecular complexity index is 636. The van der Waals surface area contributed by atoms with E-state index in [2.05, 4.69) is 34.2 Å². The van der Waals surface area contributed by atoms with Crippen molar-refractivity contribution in [3.05, 3.63) is 60.2 Å². The summed E-state index contributed by atoms with van der Waals surface area (Å²) >= 11 is 1.83. The molecule has 0 N–H and O–H groups in total. The fourth-order valence-electron chi connectivity index (χ4n) is 3.07. The Labute approximate surface area is 147 Å². The average Bonchev–Trinajstić information content (AvgIpc) is 2.67. The summed E-state index contributed by atoms with van der Waals surface area (Å²) in [6.45, 7) is 1.67. The lowest BCUT2D eigenvalue weighted by molar-refractivity contribution is -0.131. The summed E-state index contributed by atoms with van der Waals surface area (Å²) < 4.78 is 0. The number of benzene rings is 1. The molecule has 0 aliphatic carbocycles. The lowest BCUT2D eigenvalue weighted by atomic mass is 9.94. The molecule has 2 aromatic rings. The van der Waals surface area contributed by atoms with Crippen molar-refractivity contribution in [1.29, 1.82) is 0 Å². The molecule has 24 heavy (non-hydrogen) atoms. The molecule has 1 saturated heterocycles. The minimum atomic E-state index is 0.273. The van der Waals surface area contributed by atoms with E-state index in [-0.39, 0.29) is 5.91 Å². The van der Waals surface area contributed by atoms with E-state index in [4.69, 9.17) is 0 Å². The molecule has 126 valence electrons. The van der Waals surface area contributed by atoms with Crippen molar-refractivity contribution >= 4 is 17.7 Å². The molecule has 1 fully saturated rings. The van der Waals surface area contributed by atoms with E-state index in [1.807, 2.05) is 28.8 Å². The van der Waals surface area contributed by atoms with Crippen molar-refractivity contribution in [1.82, 2.24) is 14.9 Å². The predicted octanol–water partition coefficient (Wildman–Crippen LogP) is 3.51. The van der Waals surface area contributed by atoms with Gasteiger partial charge in [-0.25, -0.2) is 9.97 Å². The second-order valence-electron chi connectivity index (χ2n) is 6.10. The number of aromatic nitrogens is 2. The summed E-state index contributed by atoms with van der Waals surface area (Å²) in [5, 5.41) is 0. The summed E-state index contributed by atoms with van der Waals surface area (Å²) in [5.41, 5.74) is 2.37. The van der Waals surface area contributed by atoms with E-state index in [0.717, 1.165) is 43.1 Å². The third-order valence-corrected chi connectivity index (χ3v) is 5.40. The van der Waals surface area contributed by atoms with Gasteiger partial charge >= 0.3 is 0 Å². The van der Waals surface area contributed by atoms with Crippen LogP contribution in [-0.4, -0.2) is 39.6 Å². The molecule has 1 amide bonds. The minimum absolute atomic E-state index is 0.273. The molecule has 1 aliphatic rings. The molecule has 1 aliphatic heterocycles. The normalized spacial score (nSPS) is 17.7. The number of carbonyl (C=O) groups excluding carboxylic acids is 1. The molecule has 3 rings (SSSR count). The first kappa shape index (κ1) is 17.0. The molecular weight excluding hydrogens is 318 g/mol. The maximum Gasteiger partial charge on any atom is 0.223 e. The standard InChI is InChI=1S/C19H23N3OS/c23-19(9-12-24-14-16-5-2-1-3-6-16)22-11-4-7-17(13-22)18-8-10-20-15-21-18/h1-3,5-6,8,10,15,17H,4,7,9,11-14H2. The zero-order chi connectivity index (χ0) is 16.6. The van der Waals surface area contributed by atoms with E-state index < -0.39 is 0 Å². The molecule has 1 aromatic carbocycles. The molecule has 0 saturated carbocycles. The summed E-state index contributed by atoms with van der Waals surface area (Å²) in [4.78, 5) is 22.8. The molecule has 0 spiro atoms. The van der Waals surface area contributed by atoms with Crippen LogP contribution < -0.4 is 0 Å². The first-order valence-electron chi connectivity index (χ1n) is 8.48. The van der Waals surface area contributed by atoms with Gasteiger partial charge in [-0.05, 0) is 24.5 Å². The summed E-state index contributed by atoms with van der Waals surface area (Å²) in [6, 6.07) is 12.4. The minimum Gasteiger partial charge on any atom is -0.342 e. The van der Waals surface area contributed by atoms with Crippen molar-refractivity contribution in [2.24, 2.45) is 0 Å². The lowest BCUT2D eigenvalue weighted by Gasteiger charge is -2.32. The third kappa shape index (κ3) is 4.81. The largest absolute Gasteiger partial charge is 0.342 e. The van der Waals surface area contributed by atoms with Crippen molar-refractivity contribution in [2.45, 2.75) is 30.9 Å². The average molecular weight is 341 g/mol. The maximum atomic E-state index is 12.5. The van der Waals surface area contributed by atoms with E-state index in [1.165, 1.54) is 5.56 Å². The van der Waals surface area contributed by atoms with Gasteiger partial charge in [-0.2, -0.15) is 11.8 Å². The quantitative estimate of drug-likeness (QED) is 0.754. The molecule has 1 unspecified atom stereocenters. The van der Waals surface area contributed by atoms with Gasteiger partial charge in [-0.1, -0.05) is 30.3 Å². The van der Waals surface area contributed by atoms with Gasteiger partial charge in [0.15, 0.2) is 0 Å². The van der Waals surface area contributed by atoms with Gasteiger partial charge in [0.05, 0.1) is 0 Å². The second kappa shape index (κ2) is 8.83. The van der Waals surface area contributed by atoms with Crippen molar-refractivity contribution in [2.75, 3.05) is 18.8 Å². The number of carbonyl (C=O) groups is 1. The smallest absolute Gasteiger partial charge is 0.223 e. The Hall–Kier alpha value is -1.88.